The van der Waals surface area contributed by atoms with Gasteiger partial charge in [-0.05, 0) is 45.4 Å². The molecule has 2 rings (SSSR count). The number of aliphatic hydroxyl groups is 2. The van der Waals surface area contributed by atoms with Gasteiger partial charge in [0.1, 0.15) is 0 Å². The van der Waals surface area contributed by atoms with Crippen molar-refractivity contribution in [2.24, 2.45) is 0 Å². The first-order valence-corrected chi connectivity index (χ1v) is 5.76. The molecule has 0 aliphatic heterocycles. The lowest BCUT2D eigenvalue weighted by molar-refractivity contribution is 0.0274. The number of nitrogens with one attached hydrogen (secondary N) is 1. The van der Waals surface area contributed by atoms with Gasteiger partial charge >= 0.3 is 0 Å². The van der Waals surface area contributed by atoms with Gasteiger partial charge in [-0.15, -0.1) is 0 Å². The van der Waals surface area contributed by atoms with E-state index in [2.05, 4.69) is 5.32 Å². The second-order valence-electron chi connectivity index (χ2n) is 5.07. The summed E-state index contributed by atoms with van der Waals surface area (Å²) in [4.78, 5) is 0. The molecule has 14 heavy (non-hydrogen) atoms. The van der Waals surface area contributed by atoms with E-state index in [4.69, 9.17) is 0 Å². The fraction of sp³-hybridized carbons (Fsp3) is 1.00. The van der Waals surface area contributed by atoms with Gasteiger partial charge in [-0.3, -0.25) is 0 Å². The molecule has 3 heteroatoms. The largest absolute Gasteiger partial charge is 0.392 e. The van der Waals surface area contributed by atoms with Crippen molar-refractivity contribution in [2.75, 3.05) is 0 Å². The molecule has 0 heterocycles. The van der Waals surface area contributed by atoms with Crippen molar-refractivity contribution < 1.29 is 10.2 Å². The molecule has 2 fully saturated rings. The van der Waals surface area contributed by atoms with Crippen molar-refractivity contribution in [3.8, 4) is 0 Å². The monoisotopic (exact) mass is 199 g/mol. The van der Waals surface area contributed by atoms with Crippen LogP contribution >= 0.6 is 0 Å². The highest BCUT2D eigenvalue weighted by Gasteiger charge is 2.39. The summed E-state index contributed by atoms with van der Waals surface area (Å²) in [6.07, 6.45) is 5.87. The second kappa shape index (κ2) is 3.80. The Morgan fingerprint density at radius 1 is 1.21 bits per heavy atom. The van der Waals surface area contributed by atoms with Gasteiger partial charge < -0.3 is 15.5 Å². The molecule has 0 saturated heterocycles. The molecule has 0 bridgehead atoms. The molecule has 4 unspecified atom stereocenters. The predicted molar refractivity (Wildman–Crippen MR) is 55.0 cm³/mol. The molecule has 2 aliphatic carbocycles. The molecule has 0 aromatic rings. The molecule has 2 saturated carbocycles. The normalized spacial score (nSPS) is 48.6. The lowest BCUT2D eigenvalue weighted by Crippen LogP contribution is -2.51. The van der Waals surface area contributed by atoms with Crippen molar-refractivity contribution >= 4 is 0 Å². The summed E-state index contributed by atoms with van der Waals surface area (Å²) in [5.74, 6) is 0. The van der Waals surface area contributed by atoms with Crippen LogP contribution in [0, 0.1) is 0 Å². The van der Waals surface area contributed by atoms with Gasteiger partial charge in [0, 0.05) is 12.1 Å². The minimum Gasteiger partial charge on any atom is -0.392 e. The van der Waals surface area contributed by atoms with Crippen LogP contribution < -0.4 is 5.32 Å². The van der Waals surface area contributed by atoms with Crippen LogP contribution in [0.3, 0.4) is 0 Å². The maximum absolute atomic E-state index is 10.1. The predicted octanol–water partition coefficient (Wildman–Crippen LogP) is 0.793. The number of rotatable bonds is 2. The summed E-state index contributed by atoms with van der Waals surface area (Å²) in [5.41, 5.74) is -0.567. The molecule has 2 aliphatic rings. The highest BCUT2D eigenvalue weighted by atomic mass is 16.3. The molecular weight excluding hydrogens is 178 g/mol. The van der Waals surface area contributed by atoms with Crippen molar-refractivity contribution in [1.29, 1.82) is 0 Å². The molecule has 3 N–H and O–H groups in total. The first-order valence-electron chi connectivity index (χ1n) is 5.76. The van der Waals surface area contributed by atoms with E-state index in [0.717, 1.165) is 38.5 Å². The van der Waals surface area contributed by atoms with Gasteiger partial charge in [-0.1, -0.05) is 0 Å². The Labute approximate surface area is 85.5 Å². The van der Waals surface area contributed by atoms with Crippen molar-refractivity contribution in [3.05, 3.63) is 0 Å². The fourth-order valence-corrected chi connectivity index (χ4v) is 2.81. The lowest BCUT2D eigenvalue weighted by Gasteiger charge is -2.30. The van der Waals surface area contributed by atoms with Crippen molar-refractivity contribution in [3.63, 3.8) is 0 Å². The second-order valence-corrected chi connectivity index (χ2v) is 5.07. The molecule has 0 aromatic heterocycles. The Balaban J connectivity index is 1.90. The zero-order chi connectivity index (χ0) is 10.2. The van der Waals surface area contributed by atoms with Gasteiger partial charge in [0.2, 0.25) is 0 Å². The van der Waals surface area contributed by atoms with E-state index in [0.29, 0.717) is 0 Å². The Kier molecular flexibility index (Phi) is 2.82. The summed E-state index contributed by atoms with van der Waals surface area (Å²) < 4.78 is 0. The van der Waals surface area contributed by atoms with Gasteiger partial charge in [0.05, 0.1) is 11.7 Å². The van der Waals surface area contributed by atoms with Gasteiger partial charge in [-0.25, -0.2) is 0 Å². The van der Waals surface area contributed by atoms with Crippen LogP contribution in [0.15, 0.2) is 0 Å². The standard InChI is InChI=1S/C11H21NO2/c1-11(14)7-3-6-10(11)12-8-4-2-5-9(8)13/h8-10,12-14H,2-7H2,1H3. The zero-order valence-electron chi connectivity index (χ0n) is 8.87. The third-order valence-electron chi connectivity index (χ3n) is 3.82. The highest BCUT2D eigenvalue weighted by Crippen LogP contribution is 2.31. The molecule has 4 atom stereocenters. The smallest absolute Gasteiger partial charge is 0.0772 e. The van der Waals surface area contributed by atoms with Crippen LogP contribution in [-0.2, 0) is 0 Å². The van der Waals surface area contributed by atoms with Crippen LogP contribution in [0.4, 0.5) is 0 Å². The number of aliphatic hydroxyl groups excluding tert-OH is 1. The maximum atomic E-state index is 10.1. The number of hydrogen-bond donors (Lipinski definition) is 3. The zero-order valence-corrected chi connectivity index (χ0v) is 8.87. The Hall–Kier alpha value is -0.120. The summed E-state index contributed by atoms with van der Waals surface area (Å²) >= 11 is 0. The van der Waals surface area contributed by atoms with E-state index < -0.39 is 5.60 Å². The topological polar surface area (TPSA) is 52.5 Å². The summed E-state index contributed by atoms with van der Waals surface area (Å²) in [5, 5.41) is 23.1. The van der Waals surface area contributed by atoms with Gasteiger partial charge in [0.25, 0.3) is 0 Å². The lowest BCUT2D eigenvalue weighted by atomic mass is 9.99. The molecule has 82 valence electrons. The van der Waals surface area contributed by atoms with Crippen LogP contribution in [0.25, 0.3) is 0 Å². The van der Waals surface area contributed by atoms with Crippen LogP contribution in [-0.4, -0.2) is 34.0 Å². The Morgan fingerprint density at radius 3 is 2.50 bits per heavy atom. The quantitative estimate of drug-likeness (QED) is 0.616. The van der Waals surface area contributed by atoms with E-state index in [1.807, 2.05) is 6.92 Å². The maximum Gasteiger partial charge on any atom is 0.0772 e. The van der Waals surface area contributed by atoms with Gasteiger partial charge in [0.15, 0.2) is 0 Å². The van der Waals surface area contributed by atoms with Crippen LogP contribution in [0.2, 0.25) is 0 Å². The molecule has 0 amide bonds. The number of hydrogen-bond acceptors (Lipinski definition) is 3. The Morgan fingerprint density at radius 2 is 2.00 bits per heavy atom. The summed E-state index contributed by atoms with van der Waals surface area (Å²) in [6.45, 7) is 1.90. The van der Waals surface area contributed by atoms with E-state index in [9.17, 15) is 10.2 Å². The summed E-state index contributed by atoms with van der Waals surface area (Å²) in [7, 11) is 0. The third-order valence-corrected chi connectivity index (χ3v) is 3.82. The van der Waals surface area contributed by atoms with E-state index in [1.54, 1.807) is 0 Å². The molecule has 0 radical (unpaired) electrons. The third kappa shape index (κ3) is 1.95. The minimum atomic E-state index is -0.567. The first-order chi connectivity index (χ1) is 6.59. The fourth-order valence-electron chi connectivity index (χ4n) is 2.81. The average Bonchev–Trinajstić information content (AvgIpc) is 2.62. The summed E-state index contributed by atoms with van der Waals surface area (Å²) in [6, 6.07) is 0.393. The average molecular weight is 199 g/mol. The molecule has 0 spiro atoms. The van der Waals surface area contributed by atoms with Crippen LogP contribution in [0.5, 0.6) is 0 Å². The van der Waals surface area contributed by atoms with E-state index in [1.165, 1.54) is 0 Å². The van der Waals surface area contributed by atoms with E-state index in [-0.39, 0.29) is 18.2 Å². The van der Waals surface area contributed by atoms with E-state index >= 15 is 0 Å². The van der Waals surface area contributed by atoms with Crippen molar-refractivity contribution in [2.45, 2.75) is 69.2 Å². The van der Waals surface area contributed by atoms with Gasteiger partial charge in [-0.2, -0.15) is 0 Å². The first kappa shape index (κ1) is 10.4. The molecule has 0 aromatic carbocycles. The highest BCUT2D eigenvalue weighted by molar-refractivity contribution is 4.97. The van der Waals surface area contributed by atoms with Crippen LogP contribution in [0.1, 0.15) is 45.4 Å². The SMILES string of the molecule is CC1(O)CCCC1NC1CCCC1O. The Bertz CT molecular complexity index is 205. The van der Waals surface area contributed by atoms with Crippen molar-refractivity contribution in [1.82, 2.24) is 5.32 Å². The minimum absolute atomic E-state index is 0.181. The molecule has 3 nitrogen and oxygen atoms in total. The molecular formula is C11H21NO2.